The maximum Gasteiger partial charge on any atom is 0.307 e. The molecule has 2 rings (SSSR count). The number of carbonyl (C=O) groups is 1. The summed E-state index contributed by atoms with van der Waals surface area (Å²) < 4.78 is 5.87. The maximum absolute atomic E-state index is 11.0. The first-order valence-corrected chi connectivity index (χ1v) is 8.07. The molecular formula is C19H21ClO3. The van der Waals surface area contributed by atoms with E-state index in [0.717, 1.165) is 12.0 Å². The quantitative estimate of drug-likeness (QED) is 0.751. The molecule has 0 saturated carbocycles. The summed E-state index contributed by atoms with van der Waals surface area (Å²) in [4.78, 5) is 11.0. The molecule has 0 aliphatic rings. The number of carboxylic acids is 1. The Kier molecular flexibility index (Phi) is 5.67. The van der Waals surface area contributed by atoms with Crippen molar-refractivity contribution in [2.24, 2.45) is 0 Å². The predicted octanol–water partition coefficient (Wildman–Crippen LogP) is 5.58. The second-order valence-electron chi connectivity index (χ2n) is 5.78. The molecule has 0 heterocycles. The number of hydrogen-bond acceptors (Lipinski definition) is 2. The van der Waals surface area contributed by atoms with E-state index in [1.807, 2.05) is 37.3 Å². The molecule has 0 fully saturated rings. The van der Waals surface area contributed by atoms with Crippen LogP contribution in [0.5, 0.6) is 11.5 Å². The van der Waals surface area contributed by atoms with E-state index in [4.69, 9.17) is 21.4 Å². The molecule has 1 atom stereocenters. The van der Waals surface area contributed by atoms with Crippen LogP contribution in [0.2, 0.25) is 5.02 Å². The summed E-state index contributed by atoms with van der Waals surface area (Å²) in [5.74, 6) is 0.604. The average Bonchev–Trinajstić information content (AvgIpc) is 2.50. The summed E-state index contributed by atoms with van der Waals surface area (Å²) in [6.07, 6.45) is 0.955. The lowest BCUT2D eigenvalue weighted by Gasteiger charge is -2.14. The Morgan fingerprint density at radius 1 is 1.22 bits per heavy atom. The van der Waals surface area contributed by atoms with Crippen molar-refractivity contribution in [2.75, 3.05) is 0 Å². The molecule has 1 N–H and O–H groups in total. The van der Waals surface area contributed by atoms with E-state index in [2.05, 4.69) is 13.8 Å². The smallest absolute Gasteiger partial charge is 0.307 e. The van der Waals surface area contributed by atoms with E-state index in [1.54, 1.807) is 6.07 Å². The molecule has 2 aromatic carbocycles. The van der Waals surface area contributed by atoms with Crippen molar-refractivity contribution >= 4 is 17.6 Å². The van der Waals surface area contributed by atoms with Gasteiger partial charge in [-0.05, 0) is 43.0 Å². The molecule has 0 spiro atoms. The third kappa shape index (κ3) is 4.49. The van der Waals surface area contributed by atoms with Crippen molar-refractivity contribution in [1.29, 1.82) is 0 Å². The Morgan fingerprint density at radius 3 is 2.52 bits per heavy atom. The Labute approximate surface area is 141 Å². The van der Waals surface area contributed by atoms with Gasteiger partial charge < -0.3 is 9.84 Å². The van der Waals surface area contributed by atoms with E-state index in [-0.39, 0.29) is 6.42 Å². The lowest BCUT2D eigenvalue weighted by Crippen LogP contribution is -2.02. The van der Waals surface area contributed by atoms with E-state index in [0.29, 0.717) is 28.0 Å². The summed E-state index contributed by atoms with van der Waals surface area (Å²) in [7, 11) is 0. The van der Waals surface area contributed by atoms with Crippen LogP contribution in [0.3, 0.4) is 0 Å². The summed E-state index contributed by atoms with van der Waals surface area (Å²) in [6.45, 7) is 6.20. The third-order valence-corrected chi connectivity index (χ3v) is 4.21. The van der Waals surface area contributed by atoms with Crippen LogP contribution in [0.25, 0.3) is 0 Å². The van der Waals surface area contributed by atoms with Crippen molar-refractivity contribution < 1.29 is 14.6 Å². The summed E-state index contributed by atoms with van der Waals surface area (Å²) in [5, 5.41) is 9.58. The minimum absolute atomic E-state index is 0.0837. The van der Waals surface area contributed by atoms with Crippen LogP contribution in [0, 0.1) is 6.92 Å². The van der Waals surface area contributed by atoms with Gasteiger partial charge in [0.15, 0.2) is 0 Å². The van der Waals surface area contributed by atoms with Crippen LogP contribution >= 0.6 is 11.6 Å². The maximum atomic E-state index is 11.0. The fourth-order valence-corrected chi connectivity index (χ4v) is 2.60. The summed E-state index contributed by atoms with van der Waals surface area (Å²) in [6, 6.07) is 11.3. The Bertz CT molecular complexity index is 710. The number of aryl methyl sites for hydroxylation is 1. The molecule has 0 aromatic heterocycles. The summed E-state index contributed by atoms with van der Waals surface area (Å²) >= 11 is 6.33. The zero-order chi connectivity index (χ0) is 17.0. The van der Waals surface area contributed by atoms with Crippen LogP contribution < -0.4 is 4.74 Å². The highest BCUT2D eigenvalue weighted by atomic mass is 35.5. The number of ether oxygens (including phenoxy) is 1. The number of benzene rings is 2. The average molecular weight is 333 g/mol. The Morgan fingerprint density at radius 2 is 1.91 bits per heavy atom. The van der Waals surface area contributed by atoms with E-state index in [1.165, 1.54) is 5.56 Å². The first-order valence-electron chi connectivity index (χ1n) is 7.69. The van der Waals surface area contributed by atoms with Gasteiger partial charge in [-0.1, -0.05) is 49.2 Å². The molecule has 0 radical (unpaired) electrons. The third-order valence-electron chi connectivity index (χ3n) is 3.91. The largest absolute Gasteiger partial charge is 0.481 e. The SMILES string of the molecule is CCC(C)c1ccc(Oc2ccc(C)cc2CC(=O)O)c(Cl)c1. The summed E-state index contributed by atoms with van der Waals surface area (Å²) in [5.41, 5.74) is 2.80. The monoisotopic (exact) mass is 332 g/mol. The van der Waals surface area contributed by atoms with Gasteiger partial charge in [0.25, 0.3) is 0 Å². The Hall–Kier alpha value is -2.00. The highest BCUT2D eigenvalue weighted by Gasteiger charge is 2.12. The zero-order valence-electron chi connectivity index (χ0n) is 13.6. The molecule has 0 bridgehead atoms. The number of halogens is 1. The van der Waals surface area contributed by atoms with Gasteiger partial charge in [-0.2, -0.15) is 0 Å². The molecule has 4 heteroatoms. The number of carboxylic acid groups (broad SMARTS) is 1. The van der Waals surface area contributed by atoms with Gasteiger partial charge in [-0.3, -0.25) is 4.79 Å². The molecule has 23 heavy (non-hydrogen) atoms. The van der Waals surface area contributed by atoms with Gasteiger partial charge in [0.05, 0.1) is 11.4 Å². The molecule has 0 amide bonds. The van der Waals surface area contributed by atoms with Crippen LogP contribution in [0.1, 0.15) is 42.9 Å². The second kappa shape index (κ2) is 7.51. The highest BCUT2D eigenvalue weighted by molar-refractivity contribution is 6.32. The molecule has 0 aliphatic carbocycles. The first-order chi connectivity index (χ1) is 10.9. The second-order valence-corrected chi connectivity index (χ2v) is 6.19. The van der Waals surface area contributed by atoms with Crippen LogP contribution in [-0.2, 0) is 11.2 Å². The van der Waals surface area contributed by atoms with Gasteiger partial charge in [0.2, 0.25) is 0 Å². The molecule has 1 unspecified atom stereocenters. The van der Waals surface area contributed by atoms with Gasteiger partial charge in [0, 0.05) is 5.56 Å². The van der Waals surface area contributed by atoms with Crippen molar-refractivity contribution in [3.63, 3.8) is 0 Å². The van der Waals surface area contributed by atoms with E-state index in [9.17, 15) is 4.79 Å². The Balaban J connectivity index is 2.30. The van der Waals surface area contributed by atoms with Crippen molar-refractivity contribution in [2.45, 2.75) is 39.5 Å². The van der Waals surface area contributed by atoms with Gasteiger partial charge >= 0.3 is 5.97 Å². The lowest BCUT2D eigenvalue weighted by molar-refractivity contribution is -0.136. The molecule has 0 aliphatic heterocycles. The van der Waals surface area contributed by atoms with Crippen LogP contribution in [0.4, 0.5) is 0 Å². The fraction of sp³-hybridized carbons (Fsp3) is 0.316. The number of hydrogen-bond donors (Lipinski definition) is 1. The van der Waals surface area contributed by atoms with Gasteiger partial charge in [-0.25, -0.2) is 0 Å². The van der Waals surface area contributed by atoms with Crippen LogP contribution in [0.15, 0.2) is 36.4 Å². The number of aliphatic carboxylic acids is 1. The standard InChI is InChI=1S/C19H21ClO3/c1-4-13(3)14-6-8-18(16(20)10-14)23-17-7-5-12(2)9-15(17)11-19(21)22/h5-10,13H,4,11H2,1-3H3,(H,21,22). The molecule has 122 valence electrons. The zero-order valence-corrected chi connectivity index (χ0v) is 14.4. The normalized spacial score (nSPS) is 12.0. The lowest BCUT2D eigenvalue weighted by atomic mass is 9.99. The minimum Gasteiger partial charge on any atom is -0.481 e. The van der Waals surface area contributed by atoms with Crippen molar-refractivity contribution in [3.8, 4) is 11.5 Å². The van der Waals surface area contributed by atoms with Crippen LogP contribution in [-0.4, -0.2) is 11.1 Å². The molecule has 3 nitrogen and oxygen atoms in total. The minimum atomic E-state index is -0.890. The van der Waals surface area contributed by atoms with Crippen molar-refractivity contribution in [1.82, 2.24) is 0 Å². The van der Waals surface area contributed by atoms with Crippen molar-refractivity contribution in [3.05, 3.63) is 58.1 Å². The topological polar surface area (TPSA) is 46.5 Å². The molecule has 2 aromatic rings. The van der Waals surface area contributed by atoms with Gasteiger partial charge in [0.1, 0.15) is 11.5 Å². The number of rotatable bonds is 6. The highest BCUT2D eigenvalue weighted by Crippen LogP contribution is 2.34. The fourth-order valence-electron chi connectivity index (χ4n) is 2.37. The van der Waals surface area contributed by atoms with E-state index < -0.39 is 5.97 Å². The van der Waals surface area contributed by atoms with E-state index >= 15 is 0 Å². The molecular weight excluding hydrogens is 312 g/mol. The predicted molar refractivity (Wildman–Crippen MR) is 92.8 cm³/mol. The first kappa shape index (κ1) is 17.4. The molecule has 0 saturated heterocycles. The van der Waals surface area contributed by atoms with Gasteiger partial charge in [-0.15, -0.1) is 0 Å².